The first-order valence-corrected chi connectivity index (χ1v) is 6.55. The molecule has 1 amide bonds. The van der Waals surface area contributed by atoms with Crippen LogP contribution in [0.2, 0.25) is 5.15 Å². The van der Waals surface area contributed by atoms with Gasteiger partial charge in [-0.15, -0.1) is 0 Å². The second-order valence-corrected chi connectivity index (χ2v) is 4.64. The van der Waals surface area contributed by atoms with Gasteiger partial charge in [-0.05, 0) is 31.2 Å². The Morgan fingerprint density at radius 1 is 1.43 bits per heavy atom. The molecule has 0 saturated carbocycles. The van der Waals surface area contributed by atoms with Crippen LogP contribution in [0.4, 0.5) is 0 Å². The van der Waals surface area contributed by atoms with Crippen molar-refractivity contribution in [2.45, 2.75) is 13.0 Å². The van der Waals surface area contributed by atoms with E-state index in [2.05, 4.69) is 10.3 Å². The highest BCUT2D eigenvalue weighted by atomic mass is 35.5. The Labute approximate surface area is 126 Å². The molecule has 0 bridgehead atoms. The molecule has 7 heteroatoms. The van der Waals surface area contributed by atoms with E-state index < -0.39 is 11.9 Å². The van der Waals surface area contributed by atoms with Gasteiger partial charge in [0.1, 0.15) is 10.9 Å². The summed E-state index contributed by atoms with van der Waals surface area (Å²) in [6.07, 6.45) is 2.81. The zero-order chi connectivity index (χ0) is 15.2. The molecule has 2 heterocycles. The molecule has 0 aliphatic carbocycles. The highest BCUT2D eigenvalue weighted by Gasteiger charge is 2.14. The predicted molar refractivity (Wildman–Crippen MR) is 74.8 cm³/mol. The maximum atomic E-state index is 11.7. The molecule has 0 saturated heterocycles. The van der Waals surface area contributed by atoms with Crippen LogP contribution in [0.1, 0.15) is 29.1 Å². The Hall–Kier alpha value is -2.34. The number of hydrogen-bond donors (Lipinski definition) is 1. The van der Waals surface area contributed by atoms with E-state index in [1.807, 2.05) is 0 Å². The lowest BCUT2D eigenvalue weighted by Crippen LogP contribution is -2.31. The average molecular weight is 309 g/mol. The smallest absolute Gasteiger partial charge is 0.340 e. The Bertz CT molecular complexity index is 610. The average Bonchev–Trinajstić information content (AvgIpc) is 3.00. The van der Waals surface area contributed by atoms with Gasteiger partial charge in [-0.2, -0.15) is 0 Å². The largest absolute Gasteiger partial charge is 0.467 e. The van der Waals surface area contributed by atoms with Crippen molar-refractivity contribution in [2.24, 2.45) is 0 Å². The molecule has 0 unspecified atom stereocenters. The Morgan fingerprint density at radius 2 is 2.24 bits per heavy atom. The third kappa shape index (κ3) is 4.32. The normalized spacial score (nSPS) is 11.7. The maximum Gasteiger partial charge on any atom is 0.340 e. The number of rotatable bonds is 5. The quantitative estimate of drug-likeness (QED) is 0.677. The first-order chi connectivity index (χ1) is 10.1. The van der Waals surface area contributed by atoms with Gasteiger partial charge >= 0.3 is 5.97 Å². The molecule has 0 aliphatic heterocycles. The van der Waals surface area contributed by atoms with Crippen molar-refractivity contribution in [3.63, 3.8) is 0 Å². The zero-order valence-corrected chi connectivity index (χ0v) is 12.0. The number of carbonyl (C=O) groups is 2. The van der Waals surface area contributed by atoms with Gasteiger partial charge in [-0.25, -0.2) is 9.78 Å². The van der Waals surface area contributed by atoms with Crippen LogP contribution < -0.4 is 5.32 Å². The monoisotopic (exact) mass is 308 g/mol. The fraction of sp³-hybridized carbons (Fsp3) is 0.214. The van der Waals surface area contributed by atoms with Crippen LogP contribution in [0.25, 0.3) is 0 Å². The molecule has 1 atom stereocenters. The molecular weight excluding hydrogens is 296 g/mol. The molecule has 110 valence electrons. The molecule has 2 rings (SSSR count). The minimum absolute atomic E-state index is 0.228. The van der Waals surface area contributed by atoms with Crippen LogP contribution in [0.5, 0.6) is 0 Å². The van der Waals surface area contributed by atoms with E-state index >= 15 is 0 Å². The lowest BCUT2D eigenvalue weighted by Gasteiger charge is -2.11. The zero-order valence-electron chi connectivity index (χ0n) is 11.2. The summed E-state index contributed by atoms with van der Waals surface area (Å²) in [7, 11) is 0. The van der Waals surface area contributed by atoms with Gasteiger partial charge in [-0.3, -0.25) is 4.79 Å². The third-order valence-corrected chi connectivity index (χ3v) is 2.87. The number of carbonyl (C=O) groups excluding carboxylic acids is 2. The second-order valence-electron chi connectivity index (χ2n) is 4.25. The lowest BCUT2D eigenvalue weighted by atomic mass is 10.2. The summed E-state index contributed by atoms with van der Waals surface area (Å²) < 4.78 is 10.0. The Morgan fingerprint density at radius 3 is 2.86 bits per heavy atom. The minimum Gasteiger partial charge on any atom is -0.467 e. The van der Waals surface area contributed by atoms with Crippen LogP contribution >= 0.6 is 11.6 Å². The van der Waals surface area contributed by atoms with E-state index in [4.69, 9.17) is 20.8 Å². The molecule has 6 nitrogen and oxygen atoms in total. The van der Waals surface area contributed by atoms with Gasteiger partial charge in [0, 0.05) is 6.20 Å². The summed E-state index contributed by atoms with van der Waals surface area (Å²) in [6, 6.07) is 6.11. The first-order valence-electron chi connectivity index (χ1n) is 6.17. The molecule has 2 aromatic heterocycles. The number of halogens is 1. The van der Waals surface area contributed by atoms with Crippen LogP contribution in [-0.4, -0.2) is 23.5 Å². The van der Waals surface area contributed by atoms with Crippen molar-refractivity contribution in [3.8, 4) is 0 Å². The van der Waals surface area contributed by atoms with Crippen molar-refractivity contribution >= 4 is 23.5 Å². The van der Waals surface area contributed by atoms with E-state index in [0.717, 1.165) is 0 Å². The van der Waals surface area contributed by atoms with E-state index in [-0.39, 0.29) is 23.4 Å². The van der Waals surface area contributed by atoms with Crippen molar-refractivity contribution in [3.05, 3.63) is 53.2 Å². The molecule has 0 aliphatic rings. The summed E-state index contributed by atoms with van der Waals surface area (Å²) in [4.78, 5) is 27.1. The molecule has 2 aromatic rings. The summed E-state index contributed by atoms with van der Waals surface area (Å²) in [5.74, 6) is -0.439. The van der Waals surface area contributed by atoms with Crippen molar-refractivity contribution in [1.82, 2.24) is 10.3 Å². The summed E-state index contributed by atoms with van der Waals surface area (Å²) >= 11 is 5.61. The molecule has 1 N–H and O–H groups in total. The standard InChI is InChI=1S/C14H13ClN2O4/c1-9(11-3-2-6-20-11)17-13(18)8-21-14(19)10-4-5-12(15)16-7-10/h2-7,9H,8H2,1H3,(H,17,18)/t9-/m0/s1. The number of nitrogens with zero attached hydrogens (tertiary/aromatic N) is 1. The second kappa shape index (κ2) is 6.90. The first kappa shape index (κ1) is 15.1. The van der Waals surface area contributed by atoms with Crippen LogP contribution in [0.15, 0.2) is 41.1 Å². The van der Waals surface area contributed by atoms with Crippen LogP contribution in [-0.2, 0) is 9.53 Å². The van der Waals surface area contributed by atoms with E-state index in [0.29, 0.717) is 5.76 Å². The molecule has 21 heavy (non-hydrogen) atoms. The molecule has 0 fully saturated rings. The summed E-state index contributed by atoms with van der Waals surface area (Å²) in [6.45, 7) is 1.38. The predicted octanol–water partition coefficient (Wildman–Crippen LogP) is 2.36. The Balaban J connectivity index is 1.81. The van der Waals surface area contributed by atoms with Gasteiger partial charge in [-0.1, -0.05) is 11.6 Å². The summed E-state index contributed by atoms with van der Waals surface area (Å²) in [5.41, 5.74) is 0.228. The number of hydrogen-bond acceptors (Lipinski definition) is 5. The van der Waals surface area contributed by atoms with Crippen molar-refractivity contribution in [2.75, 3.05) is 6.61 Å². The number of pyridine rings is 1. The molecular formula is C14H13ClN2O4. The number of esters is 1. The number of nitrogens with one attached hydrogen (secondary N) is 1. The minimum atomic E-state index is -0.639. The Kier molecular flexibility index (Phi) is 4.94. The van der Waals surface area contributed by atoms with Gasteiger partial charge in [0.05, 0.1) is 17.9 Å². The van der Waals surface area contributed by atoms with Crippen molar-refractivity contribution < 1.29 is 18.7 Å². The molecule has 0 radical (unpaired) electrons. The van der Waals surface area contributed by atoms with Crippen molar-refractivity contribution in [1.29, 1.82) is 0 Å². The van der Waals surface area contributed by atoms with Crippen LogP contribution in [0.3, 0.4) is 0 Å². The highest BCUT2D eigenvalue weighted by Crippen LogP contribution is 2.12. The molecule has 0 spiro atoms. The number of amides is 1. The summed E-state index contributed by atoms with van der Waals surface area (Å²) in [5, 5.41) is 2.93. The number of ether oxygens (including phenoxy) is 1. The van der Waals surface area contributed by atoms with Gasteiger partial charge in [0.2, 0.25) is 0 Å². The topological polar surface area (TPSA) is 81.4 Å². The van der Waals surface area contributed by atoms with Gasteiger partial charge in [0.25, 0.3) is 5.91 Å². The van der Waals surface area contributed by atoms with Gasteiger partial charge < -0.3 is 14.5 Å². The molecule has 0 aromatic carbocycles. The fourth-order valence-electron chi connectivity index (χ4n) is 1.60. The van der Waals surface area contributed by atoms with E-state index in [9.17, 15) is 9.59 Å². The highest BCUT2D eigenvalue weighted by molar-refractivity contribution is 6.29. The van der Waals surface area contributed by atoms with E-state index in [1.165, 1.54) is 24.6 Å². The fourth-order valence-corrected chi connectivity index (χ4v) is 1.71. The third-order valence-electron chi connectivity index (χ3n) is 2.64. The SMILES string of the molecule is C[C@H](NC(=O)COC(=O)c1ccc(Cl)nc1)c1ccco1. The van der Waals surface area contributed by atoms with E-state index in [1.54, 1.807) is 19.1 Å². The lowest BCUT2D eigenvalue weighted by molar-refractivity contribution is -0.125. The van der Waals surface area contributed by atoms with Gasteiger partial charge in [0.15, 0.2) is 6.61 Å². The number of aromatic nitrogens is 1. The number of furan rings is 1. The maximum absolute atomic E-state index is 11.7. The van der Waals surface area contributed by atoms with Crippen LogP contribution in [0, 0.1) is 0 Å².